The van der Waals surface area contributed by atoms with E-state index in [9.17, 15) is 63.3 Å². The van der Waals surface area contributed by atoms with Crippen LogP contribution in [-0.4, -0.2) is 138 Å². The molecule has 7 amide bonds. The Morgan fingerprint density at radius 3 is 1.75 bits per heavy atom. The fraction of sp³-hybridized carbons (Fsp3) is 0.486. The number of hydrogen-bond acceptors (Lipinski definition) is 13. The molecule has 0 spiro atoms. The third-order valence-electron chi connectivity index (χ3n) is 9.08. The molecule has 2 aromatic rings. The van der Waals surface area contributed by atoms with Gasteiger partial charge in [-0.25, -0.2) is 9.78 Å². The minimum atomic E-state index is -1.84. The third kappa shape index (κ3) is 17.3. The lowest BCUT2D eigenvalue weighted by Crippen LogP contribution is -2.59. The maximum atomic E-state index is 13.3. The molecule has 0 bridgehead atoms. The molecule has 61 heavy (non-hydrogen) atoms. The highest BCUT2D eigenvalue weighted by Crippen LogP contribution is 2.12. The number of H-pyrrole nitrogens is 1. The SMILES string of the molecule is CC[C@H](C)[C@H](NC(=O)[C@H](C)NC(=O)[C@H](C)NC(=O)[C@H](CC(=O)O)NC(=O)[C@@H](N)Cc1cnc[nH]1)C(=O)NCC(=O)N[C@@H](Cc1ccc(O)cc1)C(=O)N[C@@H](CC(=O)O)C(=O)O. The van der Waals surface area contributed by atoms with E-state index in [2.05, 4.69) is 47.2 Å². The number of aromatic amines is 1. The van der Waals surface area contributed by atoms with E-state index in [1.165, 1.54) is 50.6 Å². The van der Waals surface area contributed by atoms with Crippen LogP contribution < -0.4 is 43.0 Å². The quantitative estimate of drug-likeness (QED) is 0.0458. The average Bonchev–Trinajstić information content (AvgIpc) is 3.71. The zero-order valence-corrected chi connectivity index (χ0v) is 33.7. The van der Waals surface area contributed by atoms with E-state index in [1.54, 1.807) is 13.8 Å². The molecule has 0 fully saturated rings. The number of aromatic nitrogens is 2. The summed E-state index contributed by atoms with van der Waals surface area (Å²) >= 11 is 0. The lowest BCUT2D eigenvalue weighted by atomic mass is 9.98. The highest BCUT2D eigenvalue weighted by Gasteiger charge is 2.33. The van der Waals surface area contributed by atoms with Gasteiger partial charge in [-0.1, -0.05) is 32.4 Å². The maximum absolute atomic E-state index is 13.3. The molecule has 14 N–H and O–H groups in total. The lowest BCUT2D eigenvalue weighted by Gasteiger charge is -2.26. The molecular weight excluding hydrogens is 808 g/mol. The Balaban J connectivity index is 2.05. The van der Waals surface area contributed by atoms with Gasteiger partial charge in [0.15, 0.2) is 0 Å². The second kappa shape index (κ2) is 24.1. The van der Waals surface area contributed by atoms with Crippen LogP contribution in [-0.2, 0) is 60.8 Å². The molecule has 0 aliphatic rings. The minimum absolute atomic E-state index is 0.00112. The number of phenols is 1. The first-order valence-electron chi connectivity index (χ1n) is 18.9. The Kier molecular flexibility index (Phi) is 19.8. The van der Waals surface area contributed by atoms with Gasteiger partial charge in [-0.2, -0.15) is 0 Å². The van der Waals surface area contributed by atoms with Gasteiger partial charge in [-0.3, -0.25) is 43.2 Å². The topological polar surface area (TPSA) is 391 Å². The number of aromatic hydroxyl groups is 1. The van der Waals surface area contributed by atoms with Crippen molar-refractivity contribution in [2.45, 2.75) is 102 Å². The highest BCUT2D eigenvalue weighted by molar-refractivity contribution is 5.97. The summed E-state index contributed by atoms with van der Waals surface area (Å²) in [5, 5.41) is 53.6. The van der Waals surface area contributed by atoms with Gasteiger partial charge in [0.25, 0.3) is 0 Å². The number of carboxylic acids is 3. The van der Waals surface area contributed by atoms with Crippen LogP contribution >= 0.6 is 0 Å². The molecule has 0 unspecified atom stereocenters. The first-order chi connectivity index (χ1) is 28.6. The smallest absolute Gasteiger partial charge is 0.326 e. The predicted octanol–water partition coefficient (Wildman–Crippen LogP) is -3.63. The molecular formula is C37H52N10O14. The largest absolute Gasteiger partial charge is 0.508 e. The fourth-order valence-electron chi connectivity index (χ4n) is 5.40. The number of rotatable bonds is 25. The molecule has 2 rings (SSSR count). The monoisotopic (exact) mass is 860 g/mol. The van der Waals surface area contributed by atoms with Gasteiger partial charge in [0.2, 0.25) is 41.4 Å². The normalized spacial score (nSPS) is 14.8. The van der Waals surface area contributed by atoms with Gasteiger partial charge in [-0.15, -0.1) is 0 Å². The number of nitrogens with one attached hydrogen (secondary N) is 8. The van der Waals surface area contributed by atoms with Crippen LogP contribution in [0.5, 0.6) is 5.75 Å². The number of amides is 7. The number of phenolic OH excluding ortho intramolecular Hbond substituents is 1. The molecule has 24 nitrogen and oxygen atoms in total. The van der Waals surface area contributed by atoms with Gasteiger partial charge >= 0.3 is 17.9 Å². The Morgan fingerprint density at radius 1 is 0.672 bits per heavy atom. The number of carbonyl (C=O) groups is 10. The minimum Gasteiger partial charge on any atom is -0.508 e. The summed E-state index contributed by atoms with van der Waals surface area (Å²) in [6.07, 6.45) is 1.11. The van der Waals surface area contributed by atoms with Crippen LogP contribution in [0.25, 0.3) is 0 Å². The molecule has 1 aromatic carbocycles. The van der Waals surface area contributed by atoms with Crippen LogP contribution in [0.2, 0.25) is 0 Å². The molecule has 0 saturated carbocycles. The van der Waals surface area contributed by atoms with Crippen molar-refractivity contribution in [2.75, 3.05) is 6.54 Å². The molecule has 0 aliphatic heterocycles. The second-order valence-corrected chi connectivity index (χ2v) is 14.1. The molecule has 8 atom stereocenters. The van der Waals surface area contributed by atoms with Crippen molar-refractivity contribution in [1.29, 1.82) is 0 Å². The van der Waals surface area contributed by atoms with E-state index in [0.29, 0.717) is 17.7 Å². The fourth-order valence-corrected chi connectivity index (χ4v) is 5.40. The molecule has 1 heterocycles. The van der Waals surface area contributed by atoms with E-state index < -0.39 is 127 Å². The van der Waals surface area contributed by atoms with Gasteiger partial charge < -0.3 is 68.4 Å². The summed E-state index contributed by atoms with van der Waals surface area (Å²) in [4.78, 5) is 132. The van der Waals surface area contributed by atoms with Crippen LogP contribution in [0, 0.1) is 5.92 Å². The first kappa shape index (κ1) is 50.0. The van der Waals surface area contributed by atoms with Crippen LogP contribution in [0.4, 0.5) is 0 Å². The van der Waals surface area contributed by atoms with E-state index in [0.717, 1.165) is 0 Å². The van der Waals surface area contributed by atoms with E-state index in [4.69, 9.17) is 10.8 Å². The third-order valence-corrected chi connectivity index (χ3v) is 9.08. The zero-order valence-electron chi connectivity index (χ0n) is 33.7. The summed E-state index contributed by atoms with van der Waals surface area (Å²) in [7, 11) is 0. The Hall–Kier alpha value is -7.11. The number of benzene rings is 1. The zero-order chi connectivity index (χ0) is 46.0. The van der Waals surface area contributed by atoms with Gasteiger partial charge in [0.05, 0.1) is 31.8 Å². The molecule has 1 aromatic heterocycles. The number of nitrogens with zero attached hydrogens (tertiary/aromatic N) is 1. The number of carboxylic acid groups (broad SMARTS) is 3. The summed E-state index contributed by atoms with van der Waals surface area (Å²) in [6, 6.07) is -4.56. The number of nitrogens with two attached hydrogens (primary N) is 1. The molecule has 0 saturated heterocycles. The van der Waals surface area contributed by atoms with Gasteiger partial charge in [0, 0.05) is 24.7 Å². The Bertz CT molecular complexity index is 1890. The summed E-state index contributed by atoms with van der Waals surface area (Å²) in [6.45, 7) is 5.12. The molecule has 0 aliphatic carbocycles. The van der Waals surface area contributed by atoms with Crippen molar-refractivity contribution in [2.24, 2.45) is 11.7 Å². The number of imidazole rings is 1. The predicted molar refractivity (Wildman–Crippen MR) is 210 cm³/mol. The number of carbonyl (C=O) groups excluding carboxylic acids is 7. The Labute approximate surface area is 348 Å². The van der Waals surface area contributed by atoms with Crippen LogP contribution in [0.1, 0.15) is 58.2 Å². The first-order valence-corrected chi connectivity index (χ1v) is 18.9. The van der Waals surface area contributed by atoms with Crippen LogP contribution in [0.15, 0.2) is 36.8 Å². The lowest BCUT2D eigenvalue weighted by molar-refractivity contribution is -0.147. The van der Waals surface area contributed by atoms with Gasteiger partial charge in [0.1, 0.15) is 42.0 Å². The number of hydrogen-bond donors (Lipinski definition) is 13. The summed E-state index contributed by atoms with van der Waals surface area (Å²) < 4.78 is 0. The maximum Gasteiger partial charge on any atom is 0.326 e. The van der Waals surface area contributed by atoms with Crippen molar-refractivity contribution >= 4 is 59.3 Å². The standard InChI is InChI=1S/C37H52N10O14/c1-5-17(2)30(36(59)40-15-27(49)44-24(10-20-6-8-22(48)9-7-20)35(58)46-26(37(60)61)13-29(52)53)47-32(55)19(4)42-31(54)18(3)43-34(57)25(12-28(50)51)45-33(56)23(38)11-21-14-39-16-41-21/h6-9,14,16-19,23-26,30,48H,5,10-13,15,38H2,1-4H3,(H,39,41)(H,40,59)(H,42,54)(H,43,57)(H,44,49)(H,45,56)(H,46,58)(H,47,55)(H,50,51)(H,52,53)(H,60,61)/t17-,18-,19-,23-,24-,25-,26-,30-/m0/s1. The molecule has 0 radical (unpaired) electrons. The van der Waals surface area contributed by atoms with Crippen molar-refractivity contribution in [3.8, 4) is 5.75 Å². The van der Waals surface area contributed by atoms with E-state index in [-0.39, 0.29) is 18.6 Å². The van der Waals surface area contributed by atoms with Crippen molar-refractivity contribution in [3.05, 3.63) is 48.0 Å². The van der Waals surface area contributed by atoms with Gasteiger partial charge in [-0.05, 0) is 37.5 Å². The summed E-state index contributed by atoms with van der Waals surface area (Å²) in [5.41, 5.74) is 6.81. The Morgan fingerprint density at radius 2 is 1.21 bits per heavy atom. The van der Waals surface area contributed by atoms with E-state index in [1.807, 2.05) is 0 Å². The molecule has 24 heteroatoms. The molecule has 334 valence electrons. The highest BCUT2D eigenvalue weighted by atomic mass is 16.4. The summed E-state index contributed by atoms with van der Waals surface area (Å²) in [5.74, 6) is -11.6. The average molecular weight is 861 g/mol. The van der Waals surface area contributed by atoms with Crippen molar-refractivity contribution in [1.82, 2.24) is 47.2 Å². The van der Waals surface area contributed by atoms with Crippen molar-refractivity contribution in [3.63, 3.8) is 0 Å². The second-order valence-electron chi connectivity index (χ2n) is 14.1. The number of aliphatic carboxylic acids is 3. The van der Waals surface area contributed by atoms with Crippen molar-refractivity contribution < 1.29 is 68.4 Å². The van der Waals surface area contributed by atoms with E-state index >= 15 is 0 Å². The van der Waals surface area contributed by atoms with Crippen LogP contribution in [0.3, 0.4) is 0 Å².